The van der Waals surface area contributed by atoms with Crippen molar-refractivity contribution in [3.8, 4) is 11.1 Å². The van der Waals surface area contributed by atoms with Crippen LogP contribution in [0.1, 0.15) is 17.0 Å². The molecule has 3 unspecified atom stereocenters. The van der Waals surface area contributed by atoms with E-state index in [4.69, 9.17) is 14.2 Å². The van der Waals surface area contributed by atoms with Crippen LogP contribution in [0.4, 0.5) is 4.79 Å². The van der Waals surface area contributed by atoms with Crippen molar-refractivity contribution < 1.29 is 28.9 Å². The molecule has 0 aromatic heterocycles. The van der Waals surface area contributed by atoms with Crippen LogP contribution in [0.15, 0.2) is 48.5 Å². The fourth-order valence-corrected chi connectivity index (χ4v) is 4.33. The average molecular weight is 381 g/mol. The molecule has 2 aromatic carbocycles. The lowest BCUT2D eigenvalue weighted by molar-refractivity contribution is -0.173. The molecular formula is C21H19NO6. The van der Waals surface area contributed by atoms with Crippen LogP contribution in [-0.2, 0) is 19.0 Å². The maximum Gasteiger partial charge on any atom is 0.410 e. The summed E-state index contributed by atoms with van der Waals surface area (Å²) < 4.78 is 16.4. The van der Waals surface area contributed by atoms with E-state index in [1.165, 1.54) is 4.90 Å². The van der Waals surface area contributed by atoms with Crippen molar-refractivity contribution in [2.24, 2.45) is 0 Å². The molecule has 2 heterocycles. The summed E-state index contributed by atoms with van der Waals surface area (Å²) in [6.45, 7) is 0.568. The number of ether oxygens (including phenoxy) is 3. The molecule has 2 fully saturated rings. The first-order chi connectivity index (χ1) is 13.6. The molecule has 2 saturated heterocycles. The number of morpholine rings is 1. The smallest absolute Gasteiger partial charge is 0.410 e. The van der Waals surface area contributed by atoms with E-state index in [-0.39, 0.29) is 31.8 Å². The van der Waals surface area contributed by atoms with Crippen LogP contribution in [0.25, 0.3) is 11.1 Å². The van der Waals surface area contributed by atoms with Crippen molar-refractivity contribution in [3.63, 3.8) is 0 Å². The summed E-state index contributed by atoms with van der Waals surface area (Å²) in [6.07, 6.45) is -1.92. The molecule has 0 radical (unpaired) electrons. The van der Waals surface area contributed by atoms with Gasteiger partial charge in [0.05, 0.1) is 13.2 Å². The molecule has 2 aliphatic heterocycles. The highest BCUT2D eigenvalue weighted by molar-refractivity contribution is 5.81. The predicted octanol–water partition coefficient (Wildman–Crippen LogP) is 2.45. The number of benzene rings is 2. The summed E-state index contributed by atoms with van der Waals surface area (Å²) in [5.41, 5.74) is 4.49. The third kappa shape index (κ3) is 2.66. The summed E-state index contributed by atoms with van der Waals surface area (Å²) in [5.74, 6) is -1.24. The second-order valence-electron chi connectivity index (χ2n) is 7.20. The van der Waals surface area contributed by atoms with Gasteiger partial charge < -0.3 is 19.3 Å². The van der Waals surface area contributed by atoms with E-state index in [1.54, 1.807) is 0 Å². The Morgan fingerprint density at radius 2 is 1.71 bits per heavy atom. The monoisotopic (exact) mass is 381 g/mol. The van der Waals surface area contributed by atoms with Gasteiger partial charge in [-0.25, -0.2) is 9.59 Å². The number of carbonyl (C=O) groups is 2. The number of hydrogen-bond acceptors (Lipinski definition) is 5. The number of fused-ring (bicyclic) bond motifs is 5. The summed E-state index contributed by atoms with van der Waals surface area (Å²) in [5, 5.41) is 9.51. The molecule has 7 nitrogen and oxygen atoms in total. The number of carboxylic acids is 1. The number of aliphatic carboxylic acids is 1. The third-order valence-electron chi connectivity index (χ3n) is 5.59. The van der Waals surface area contributed by atoms with Gasteiger partial charge in [-0.2, -0.15) is 0 Å². The minimum atomic E-state index is -1.20. The number of rotatable bonds is 3. The Labute approximate surface area is 161 Å². The molecule has 1 N–H and O–H groups in total. The highest BCUT2D eigenvalue weighted by Gasteiger charge is 2.49. The van der Waals surface area contributed by atoms with Crippen molar-refractivity contribution in [1.82, 2.24) is 4.90 Å². The molecule has 3 atom stereocenters. The van der Waals surface area contributed by atoms with Crippen LogP contribution >= 0.6 is 0 Å². The minimum absolute atomic E-state index is 0.0753. The Morgan fingerprint density at radius 1 is 1.07 bits per heavy atom. The number of amides is 1. The first-order valence-electron chi connectivity index (χ1n) is 9.25. The van der Waals surface area contributed by atoms with E-state index >= 15 is 0 Å². The Morgan fingerprint density at radius 3 is 2.36 bits per heavy atom. The van der Waals surface area contributed by atoms with Gasteiger partial charge in [-0.15, -0.1) is 0 Å². The summed E-state index contributed by atoms with van der Waals surface area (Å²) in [4.78, 5) is 25.6. The van der Waals surface area contributed by atoms with Gasteiger partial charge in [0.1, 0.15) is 12.7 Å². The highest BCUT2D eigenvalue weighted by Crippen LogP contribution is 2.44. The normalized spacial score (nSPS) is 25.3. The van der Waals surface area contributed by atoms with Gasteiger partial charge in [0.25, 0.3) is 0 Å². The fourth-order valence-electron chi connectivity index (χ4n) is 4.33. The second kappa shape index (κ2) is 6.61. The lowest BCUT2D eigenvalue weighted by atomic mass is 9.98. The first kappa shape index (κ1) is 17.2. The topological polar surface area (TPSA) is 85.3 Å². The van der Waals surface area contributed by atoms with Gasteiger partial charge in [0.15, 0.2) is 12.3 Å². The zero-order valence-corrected chi connectivity index (χ0v) is 15.0. The lowest BCUT2D eigenvalue weighted by Gasteiger charge is -2.35. The van der Waals surface area contributed by atoms with Crippen molar-refractivity contribution in [2.75, 3.05) is 19.8 Å². The molecule has 3 aliphatic rings. The molecule has 28 heavy (non-hydrogen) atoms. The molecule has 2 bridgehead atoms. The van der Waals surface area contributed by atoms with Gasteiger partial charge >= 0.3 is 12.1 Å². The summed E-state index contributed by atoms with van der Waals surface area (Å²) in [7, 11) is 0. The van der Waals surface area contributed by atoms with Crippen LogP contribution in [0.2, 0.25) is 0 Å². The Balaban J connectivity index is 1.36. The van der Waals surface area contributed by atoms with Crippen LogP contribution in [0, 0.1) is 0 Å². The lowest BCUT2D eigenvalue weighted by Crippen LogP contribution is -2.57. The first-order valence-corrected chi connectivity index (χ1v) is 9.25. The van der Waals surface area contributed by atoms with Gasteiger partial charge in [-0.1, -0.05) is 48.5 Å². The van der Waals surface area contributed by atoms with Gasteiger partial charge in [0, 0.05) is 5.92 Å². The number of carbonyl (C=O) groups excluding carboxylic acids is 1. The molecule has 2 aromatic rings. The van der Waals surface area contributed by atoms with E-state index in [0.29, 0.717) is 0 Å². The Kier molecular flexibility index (Phi) is 4.07. The van der Waals surface area contributed by atoms with Crippen LogP contribution in [-0.4, -0.2) is 60.3 Å². The summed E-state index contributed by atoms with van der Waals surface area (Å²) >= 11 is 0. The number of carboxylic acid groups (broad SMARTS) is 1. The SMILES string of the molecule is O=C(O)C1C2OCC(CN1C(=O)OCC1c3ccccc3-c3ccccc31)O2. The quantitative estimate of drug-likeness (QED) is 0.879. The third-order valence-corrected chi connectivity index (χ3v) is 5.59. The van der Waals surface area contributed by atoms with Gasteiger partial charge in [0.2, 0.25) is 0 Å². The largest absolute Gasteiger partial charge is 0.480 e. The molecule has 1 aliphatic carbocycles. The maximum atomic E-state index is 12.7. The van der Waals surface area contributed by atoms with E-state index in [2.05, 4.69) is 12.1 Å². The zero-order valence-electron chi connectivity index (χ0n) is 15.0. The molecule has 144 valence electrons. The standard InChI is InChI=1S/C21H19NO6/c23-19(24)18-20-26-10-12(28-20)9-22(18)21(25)27-11-17-15-7-3-1-5-13(15)14-6-2-4-8-16(14)17/h1-8,12,17-18,20H,9-11H2,(H,23,24). The van der Waals surface area contributed by atoms with Crippen LogP contribution in [0.3, 0.4) is 0 Å². The van der Waals surface area contributed by atoms with E-state index in [1.807, 2.05) is 36.4 Å². The molecule has 7 heteroatoms. The summed E-state index contributed by atoms with van der Waals surface area (Å²) in [6, 6.07) is 14.9. The van der Waals surface area contributed by atoms with E-state index in [0.717, 1.165) is 22.3 Å². The van der Waals surface area contributed by atoms with E-state index in [9.17, 15) is 14.7 Å². The Hall–Kier alpha value is -2.90. The Bertz CT molecular complexity index is 898. The average Bonchev–Trinajstić information content (AvgIpc) is 3.24. The molecule has 0 spiro atoms. The van der Waals surface area contributed by atoms with Crippen molar-refractivity contribution >= 4 is 12.1 Å². The number of nitrogens with zero attached hydrogens (tertiary/aromatic N) is 1. The number of hydrogen-bond donors (Lipinski definition) is 1. The van der Waals surface area contributed by atoms with Crippen LogP contribution < -0.4 is 0 Å². The van der Waals surface area contributed by atoms with Crippen molar-refractivity contribution in [2.45, 2.75) is 24.4 Å². The molecule has 1 amide bonds. The van der Waals surface area contributed by atoms with Gasteiger partial charge in [-0.05, 0) is 22.3 Å². The highest BCUT2D eigenvalue weighted by atomic mass is 16.7. The molecule has 0 saturated carbocycles. The fraction of sp³-hybridized carbons (Fsp3) is 0.333. The van der Waals surface area contributed by atoms with E-state index < -0.39 is 24.4 Å². The van der Waals surface area contributed by atoms with Crippen LogP contribution in [0.5, 0.6) is 0 Å². The molecule has 5 rings (SSSR count). The zero-order chi connectivity index (χ0) is 19.3. The minimum Gasteiger partial charge on any atom is -0.480 e. The second-order valence-corrected chi connectivity index (χ2v) is 7.20. The van der Waals surface area contributed by atoms with Crippen molar-refractivity contribution in [3.05, 3.63) is 59.7 Å². The maximum absolute atomic E-state index is 12.7. The predicted molar refractivity (Wildman–Crippen MR) is 97.8 cm³/mol. The molecular weight excluding hydrogens is 362 g/mol. The van der Waals surface area contributed by atoms with Crippen molar-refractivity contribution in [1.29, 1.82) is 0 Å². The van der Waals surface area contributed by atoms with Gasteiger partial charge in [-0.3, -0.25) is 4.90 Å².